The molecule has 160 valence electrons. The zero-order valence-corrected chi connectivity index (χ0v) is 18.3. The molecule has 0 amide bonds. The Morgan fingerprint density at radius 1 is 1.17 bits per heavy atom. The summed E-state index contributed by atoms with van der Waals surface area (Å²) in [5, 5.41) is 11.9. The maximum atomic E-state index is 12.7. The Balaban J connectivity index is 1.57. The summed E-state index contributed by atoms with van der Waals surface area (Å²) in [5.41, 5.74) is 0.942. The van der Waals surface area contributed by atoms with Gasteiger partial charge in [0.2, 0.25) is 0 Å². The Bertz CT molecular complexity index is 881. The zero-order chi connectivity index (χ0) is 21.3. The minimum absolute atomic E-state index is 0.195. The molecule has 0 spiro atoms. The molecule has 2 bridgehead atoms. The van der Waals surface area contributed by atoms with Crippen molar-refractivity contribution in [1.82, 2.24) is 4.90 Å². The smallest absolute Gasteiger partial charge is 0.318 e. The normalized spacial score (nSPS) is 29.0. The minimum atomic E-state index is -0.873. The molecule has 30 heavy (non-hydrogen) atoms. The second kappa shape index (κ2) is 8.52. The second-order valence-corrected chi connectivity index (χ2v) is 9.52. The van der Waals surface area contributed by atoms with Crippen LogP contribution < -0.4 is 4.74 Å². The van der Waals surface area contributed by atoms with E-state index in [2.05, 4.69) is 19.0 Å². The lowest BCUT2D eigenvalue weighted by molar-refractivity contribution is -0.135. The molecule has 2 saturated carbocycles. The van der Waals surface area contributed by atoms with Crippen LogP contribution in [0.4, 0.5) is 0 Å². The van der Waals surface area contributed by atoms with Crippen LogP contribution in [-0.4, -0.2) is 36.6 Å². The summed E-state index contributed by atoms with van der Waals surface area (Å²) in [6.07, 6.45) is 4.43. The maximum absolute atomic E-state index is 12.7. The minimum Gasteiger partial charge on any atom is -0.426 e. The van der Waals surface area contributed by atoms with Crippen molar-refractivity contribution in [3.05, 3.63) is 65.7 Å². The molecule has 1 N–H and O–H groups in total. The third-order valence-corrected chi connectivity index (χ3v) is 7.13. The van der Waals surface area contributed by atoms with E-state index in [9.17, 15) is 9.90 Å². The molecule has 2 fully saturated rings. The van der Waals surface area contributed by atoms with E-state index in [0.717, 1.165) is 24.1 Å². The van der Waals surface area contributed by atoms with Gasteiger partial charge in [-0.2, -0.15) is 0 Å². The van der Waals surface area contributed by atoms with E-state index in [1.807, 2.05) is 55.5 Å². The van der Waals surface area contributed by atoms with Gasteiger partial charge < -0.3 is 14.7 Å². The van der Waals surface area contributed by atoms with Crippen molar-refractivity contribution in [2.45, 2.75) is 44.1 Å². The molecule has 0 heterocycles. The van der Waals surface area contributed by atoms with Gasteiger partial charge in [0.1, 0.15) is 5.75 Å². The van der Waals surface area contributed by atoms with Gasteiger partial charge >= 0.3 is 5.97 Å². The van der Waals surface area contributed by atoms with Crippen LogP contribution in [0.25, 0.3) is 0 Å². The van der Waals surface area contributed by atoms with E-state index in [1.165, 1.54) is 19.3 Å². The number of aliphatic hydroxyl groups is 1. The molecular weight excluding hydrogens is 374 g/mol. The SMILES string of the molecule is CC(C(=O)Oc1cccc([C@]2(O)C[C@H]3CC[C@H](C3)[C@H]2CN(C)C)c1)c1ccccc1. The summed E-state index contributed by atoms with van der Waals surface area (Å²) >= 11 is 0. The van der Waals surface area contributed by atoms with Gasteiger partial charge in [-0.15, -0.1) is 0 Å². The summed E-state index contributed by atoms with van der Waals surface area (Å²) in [6, 6.07) is 17.2. The third-order valence-electron chi connectivity index (χ3n) is 7.13. The average Bonchev–Trinajstić information content (AvgIpc) is 3.14. The largest absolute Gasteiger partial charge is 0.426 e. The molecule has 1 unspecified atom stereocenters. The summed E-state index contributed by atoms with van der Waals surface area (Å²) in [6.45, 7) is 2.73. The lowest BCUT2D eigenvalue weighted by atomic mass is 9.66. The van der Waals surface area contributed by atoms with Gasteiger partial charge in [-0.25, -0.2) is 0 Å². The van der Waals surface area contributed by atoms with E-state index in [0.29, 0.717) is 17.6 Å². The van der Waals surface area contributed by atoms with Crippen LogP contribution in [0.5, 0.6) is 5.75 Å². The topological polar surface area (TPSA) is 49.8 Å². The zero-order valence-electron chi connectivity index (χ0n) is 18.3. The number of fused-ring (bicyclic) bond motifs is 2. The standard InChI is InChI=1S/C26H33NO3/c1-18(20-8-5-4-6-9-20)25(28)30-23-11-7-10-22(15-23)26(29)16-19-12-13-21(14-19)24(26)17-27(2)3/h4-11,15,18-19,21,24,29H,12-14,16-17H2,1-3H3/t18?,19-,21+,24+,26+/m0/s1. The number of esters is 1. The highest BCUT2D eigenvalue weighted by Crippen LogP contribution is 2.54. The van der Waals surface area contributed by atoms with Gasteiger partial charge in [0.05, 0.1) is 11.5 Å². The summed E-state index contributed by atoms with van der Waals surface area (Å²) in [5.74, 6) is 1.22. The number of rotatable bonds is 6. The Morgan fingerprint density at radius 2 is 1.93 bits per heavy atom. The van der Waals surface area contributed by atoms with Gasteiger partial charge in [0.25, 0.3) is 0 Å². The Morgan fingerprint density at radius 3 is 2.67 bits per heavy atom. The Kier molecular flexibility index (Phi) is 5.99. The van der Waals surface area contributed by atoms with Crippen molar-refractivity contribution in [2.75, 3.05) is 20.6 Å². The molecule has 2 aliphatic rings. The fraction of sp³-hybridized carbons (Fsp3) is 0.500. The molecule has 4 heteroatoms. The van der Waals surface area contributed by atoms with Crippen molar-refractivity contribution in [2.24, 2.45) is 17.8 Å². The van der Waals surface area contributed by atoms with Crippen LogP contribution in [-0.2, 0) is 10.4 Å². The number of benzene rings is 2. The molecule has 4 rings (SSSR count). The van der Waals surface area contributed by atoms with E-state index in [1.54, 1.807) is 6.07 Å². The van der Waals surface area contributed by atoms with Crippen LogP contribution in [0.15, 0.2) is 54.6 Å². The predicted molar refractivity (Wildman–Crippen MR) is 118 cm³/mol. The molecule has 0 aliphatic heterocycles. The van der Waals surface area contributed by atoms with Gasteiger partial charge in [0, 0.05) is 12.5 Å². The molecule has 0 saturated heterocycles. The summed E-state index contributed by atoms with van der Waals surface area (Å²) in [4.78, 5) is 14.9. The van der Waals surface area contributed by atoms with Crippen molar-refractivity contribution in [3.8, 4) is 5.75 Å². The number of carbonyl (C=O) groups is 1. The number of hydrogen-bond acceptors (Lipinski definition) is 4. The van der Waals surface area contributed by atoms with E-state index in [-0.39, 0.29) is 17.8 Å². The molecular formula is C26H33NO3. The monoisotopic (exact) mass is 407 g/mol. The number of carbonyl (C=O) groups excluding carboxylic acids is 1. The van der Waals surface area contributed by atoms with E-state index in [4.69, 9.17) is 4.74 Å². The van der Waals surface area contributed by atoms with Crippen LogP contribution in [0.1, 0.15) is 49.7 Å². The Hall–Kier alpha value is -2.17. The molecule has 0 aromatic heterocycles. The molecule has 5 atom stereocenters. The van der Waals surface area contributed by atoms with Crippen molar-refractivity contribution < 1.29 is 14.6 Å². The molecule has 0 radical (unpaired) electrons. The fourth-order valence-corrected chi connectivity index (χ4v) is 5.58. The van der Waals surface area contributed by atoms with Crippen molar-refractivity contribution >= 4 is 5.97 Å². The predicted octanol–water partition coefficient (Wildman–Crippen LogP) is 4.58. The maximum Gasteiger partial charge on any atom is 0.318 e. The van der Waals surface area contributed by atoms with E-state index >= 15 is 0 Å². The summed E-state index contributed by atoms with van der Waals surface area (Å²) in [7, 11) is 4.15. The highest BCUT2D eigenvalue weighted by atomic mass is 16.5. The first-order valence-corrected chi connectivity index (χ1v) is 11.1. The number of ether oxygens (including phenoxy) is 1. The second-order valence-electron chi connectivity index (χ2n) is 9.52. The summed E-state index contributed by atoms with van der Waals surface area (Å²) < 4.78 is 5.73. The lowest BCUT2D eigenvalue weighted by Crippen LogP contribution is -2.47. The first kappa shape index (κ1) is 21.1. The quantitative estimate of drug-likeness (QED) is 0.562. The first-order valence-electron chi connectivity index (χ1n) is 11.1. The first-order chi connectivity index (χ1) is 14.4. The van der Waals surface area contributed by atoms with Gasteiger partial charge in [-0.1, -0.05) is 48.9 Å². The van der Waals surface area contributed by atoms with Gasteiger partial charge in [-0.3, -0.25) is 4.79 Å². The van der Waals surface area contributed by atoms with Crippen molar-refractivity contribution in [1.29, 1.82) is 0 Å². The number of hydrogen-bond donors (Lipinski definition) is 1. The molecule has 4 nitrogen and oxygen atoms in total. The van der Waals surface area contributed by atoms with Crippen LogP contribution >= 0.6 is 0 Å². The molecule has 2 aliphatic carbocycles. The van der Waals surface area contributed by atoms with E-state index < -0.39 is 5.60 Å². The fourth-order valence-electron chi connectivity index (χ4n) is 5.58. The van der Waals surface area contributed by atoms with Crippen LogP contribution in [0.3, 0.4) is 0 Å². The van der Waals surface area contributed by atoms with Crippen LogP contribution in [0, 0.1) is 17.8 Å². The number of nitrogens with zero attached hydrogens (tertiary/aromatic N) is 1. The lowest BCUT2D eigenvalue weighted by Gasteiger charge is -2.45. The van der Waals surface area contributed by atoms with Crippen LogP contribution in [0.2, 0.25) is 0 Å². The van der Waals surface area contributed by atoms with Gasteiger partial charge in [0.15, 0.2) is 0 Å². The highest BCUT2D eigenvalue weighted by molar-refractivity contribution is 5.79. The molecule has 2 aromatic rings. The molecule has 2 aromatic carbocycles. The highest BCUT2D eigenvalue weighted by Gasteiger charge is 2.51. The average molecular weight is 408 g/mol. The van der Waals surface area contributed by atoms with Gasteiger partial charge in [-0.05, 0) is 75.4 Å². The van der Waals surface area contributed by atoms with Crippen molar-refractivity contribution in [3.63, 3.8) is 0 Å². The third kappa shape index (κ3) is 4.17. The Labute approximate surface area is 179 Å².